The summed E-state index contributed by atoms with van der Waals surface area (Å²) >= 11 is 0. The molecular weight excluding hydrogens is 368 g/mol. The van der Waals surface area contributed by atoms with E-state index >= 15 is 0 Å². The first-order chi connectivity index (χ1) is 14.2. The van der Waals surface area contributed by atoms with E-state index in [4.69, 9.17) is 9.47 Å². The molecule has 2 aromatic carbocycles. The molecule has 0 saturated carbocycles. The molecular formula is C23H28N2O4. The van der Waals surface area contributed by atoms with Gasteiger partial charge in [0.1, 0.15) is 18.1 Å². The van der Waals surface area contributed by atoms with Gasteiger partial charge >= 0.3 is 0 Å². The van der Waals surface area contributed by atoms with Crippen LogP contribution in [0.15, 0.2) is 54.6 Å². The van der Waals surface area contributed by atoms with Gasteiger partial charge in [-0.2, -0.15) is 0 Å². The number of methoxy groups -OCH3 is 1. The quantitative estimate of drug-likeness (QED) is 0.627. The first-order valence-electron chi connectivity index (χ1n) is 10.0. The Morgan fingerprint density at radius 2 is 1.83 bits per heavy atom. The summed E-state index contributed by atoms with van der Waals surface area (Å²) in [6, 6.07) is 17.5. The summed E-state index contributed by atoms with van der Waals surface area (Å²) in [6.45, 7) is 1.97. The van der Waals surface area contributed by atoms with E-state index < -0.39 is 0 Å². The summed E-state index contributed by atoms with van der Waals surface area (Å²) in [4.78, 5) is 26.4. The number of hydrogen-bond acceptors (Lipinski definition) is 4. The van der Waals surface area contributed by atoms with E-state index in [2.05, 4.69) is 17.4 Å². The van der Waals surface area contributed by atoms with Crippen molar-refractivity contribution in [2.24, 2.45) is 5.92 Å². The van der Waals surface area contributed by atoms with Gasteiger partial charge in [-0.15, -0.1) is 0 Å². The van der Waals surface area contributed by atoms with Crippen molar-refractivity contribution < 1.29 is 19.1 Å². The third-order valence-electron chi connectivity index (χ3n) is 5.05. The second-order valence-electron chi connectivity index (χ2n) is 7.14. The van der Waals surface area contributed by atoms with Crippen molar-refractivity contribution >= 4 is 11.8 Å². The fraction of sp³-hybridized carbons (Fsp3) is 0.391. The summed E-state index contributed by atoms with van der Waals surface area (Å²) in [7, 11) is 1.61. The highest BCUT2D eigenvalue weighted by Gasteiger charge is 2.33. The molecule has 3 rings (SSSR count). The van der Waals surface area contributed by atoms with Gasteiger partial charge in [0.15, 0.2) is 0 Å². The van der Waals surface area contributed by atoms with Crippen LogP contribution in [0.3, 0.4) is 0 Å². The molecule has 6 heteroatoms. The van der Waals surface area contributed by atoms with Crippen LogP contribution in [0.1, 0.15) is 18.4 Å². The van der Waals surface area contributed by atoms with Crippen molar-refractivity contribution in [3.05, 3.63) is 60.2 Å². The molecule has 0 bridgehead atoms. The molecule has 1 atom stereocenters. The molecule has 1 fully saturated rings. The van der Waals surface area contributed by atoms with E-state index in [1.54, 1.807) is 12.0 Å². The Morgan fingerprint density at radius 3 is 2.55 bits per heavy atom. The van der Waals surface area contributed by atoms with Gasteiger partial charge in [0.05, 0.1) is 19.6 Å². The fourth-order valence-electron chi connectivity index (χ4n) is 3.44. The van der Waals surface area contributed by atoms with Crippen molar-refractivity contribution in [1.29, 1.82) is 0 Å². The smallest absolute Gasteiger partial charge is 0.225 e. The van der Waals surface area contributed by atoms with Crippen LogP contribution >= 0.6 is 0 Å². The normalized spacial score (nSPS) is 16.0. The molecule has 0 radical (unpaired) electrons. The molecule has 2 aromatic rings. The Balaban J connectivity index is 1.33. The lowest BCUT2D eigenvalue weighted by Crippen LogP contribution is -2.35. The number of nitrogens with zero attached hydrogens (tertiary/aromatic N) is 1. The van der Waals surface area contributed by atoms with Crippen LogP contribution in [-0.4, -0.2) is 50.1 Å². The fourth-order valence-corrected chi connectivity index (χ4v) is 3.44. The van der Waals surface area contributed by atoms with Crippen LogP contribution in [0.25, 0.3) is 0 Å². The zero-order chi connectivity index (χ0) is 20.5. The number of aryl methyl sites for hydroxylation is 1. The molecule has 0 aromatic heterocycles. The van der Waals surface area contributed by atoms with Gasteiger partial charge in [-0.25, -0.2) is 0 Å². The topological polar surface area (TPSA) is 67.9 Å². The number of amides is 2. The van der Waals surface area contributed by atoms with Crippen molar-refractivity contribution in [3.8, 4) is 11.5 Å². The predicted molar refractivity (Wildman–Crippen MR) is 111 cm³/mol. The SMILES string of the molecule is COc1ccc(OCCNC(=O)C2CC(=O)N(CCCc3ccccc3)C2)cc1. The summed E-state index contributed by atoms with van der Waals surface area (Å²) in [6.07, 6.45) is 2.13. The number of hydrogen-bond donors (Lipinski definition) is 1. The summed E-state index contributed by atoms with van der Waals surface area (Å²) in [5, 5.41) is 2.87. The van der Waals surface area contributed by atoms with Crippen molar-refractivity contribution in [1.82, 2.24) is 10.2 Å². The maximum atomic E-state index is 12.4. The molecule has 6 nitrogen and oxygen atoms in total. The average Bonchev–Trinajstić information content (AvgIpc) is 3.13. The van der Waals surface area contributed by atoms with E-state index in [1.807, 2.05) is 42.5 Å². The van der Waals surface area contributed by atoms with E-state index in [0.717, 1.165) is 24.3 Å². The van der Waals surface area contributed by atoms with Gasteiger partial charge in [0.2, 0.25) is 11.8 Å². The van der Waals surface area contributed by atoms with Gasteiger partial charge in [0.25, 0.3) is 0 Å². The minimum absolute atomic E-state index is 0.0627. The standard InChI is InChI=1S/C23H28N2O4/c1-28-20-9-11-21(12-10-20)29-15-13-24-23(27)19-16-22(26)25(17-19)14-5-8-18-6-3-2-4-7-18/h2-4,6-7,9-12,19H,5,8,13-17H2,1H3,(H,24,27). The summed E-state index contributed by atoms with van der Waals surface area (Å²) in [5.41, 5.74) is 1.27. The first-order valence-corrected chi connectivity index (χ1v) is 10.0. The zero-order valence-corrected chi connectivity index (χ0v) is 16.8. The van der Waals surface area contributed by atoms with Crippen LogP contribution in [0.2, 0.25) is 0 Å². The molecule has 29 heavy (non-hydrogen) atoms. The van der Waals surface area contributed by atoms with Crippen molar-refractivity contribution in [3.63, 3.8) is 0 Å². The zero-order valence-electron chi connectivity index (χ0n) is 16.8. The average molecular weight is 396 g/mol. The molecule has 1 N–H and O–H groups in total. The van der Waals surface area contributed by atoms with Gasteiger partial charge in [-0.1, -0.05) is 30.3 Å². The second kappa shape index (κ2) is 10.5. The molecule has 0 spiro atoms. The molecule has 0 aliphatic carbocycles. The molecule has 1 unspecified atom stereocenters. The largest absolute Gasteiger partial charge is 0.497 e. The van der Waals surface area contributed by atoms with Gasteiger partial charge in [-0.3, -0.25) is 9.59 Å². The Bertz CT molecular complexity index is 792. The summed E-state index contributed by atoms with van der Waals surface area (Å²) < 4.78 is 10.7. The first kappa shape index (κ1) is 20.7. The Hall–Kier alpha value is -3.02. The van der Waals surface area contributed by atoms with Crippen LogP contribution in [0.5, 0.6) is 11.5 Å². The number of carbonyl (C=O) groups excluding carboxylic acids is 2. The second-order valence-corrected chi connectivity index (χ2v) is 7.14. The predicted octanol–water partition coefficient (Wildman–Crippen LogP) is 2.67. The van der Waals surface area contributed by atoms with E-state index in [1.165, 1.54) is 5.56 Å². The highest BCUT2D eigenvalue weighted by molar-refractivity contribution is 5.89. The number of carbonyl (C=O) groups is 2. The number of rotatable bonds is 10. The third-order valence-corrected chi connectivity index (χ3v) is 5.05. The Kier molecular flexibility index (Phi) is 7.50. The molecule has 2 amide bonds. The van der Waals surface area contributed by atoms with E-state index in [0.29, 0.717) is 26.2 Å². The maximum Gasteiger partial charge on any atom is 0.225 e. The third kappa shape index (κ3) is 6.24. The molecule has 1 heterocycles. The lowest BCUT2D eigenvalue weighted by Gasteiger charge is -2.16. The van der Waals surface area contributed by atoms with Crippen molar-refractivity contribution in [2.45, 2.75) is 19.3 Å². The minimum Gasteiger partial charge on any atom is -0.497 e. The monoisotopic (exact) mass is 396 g/mol. The minimum atomic E-state index is -0.278. The van der Waals surface area contributed by atoms with Crippen LogP contribution in [0, 0.1) is 5.92 Å². The molecule has 154 valence electrons. The van der Waals surface area contributed by atoms with E-state index in [-0.39, 0.29) is 24.2 Å². The number of nitrogens with one attached hydrogen (secondary N) is 1. The number of likely N-dealkylation sites (tertiary alicyclic amines) is 1. The molecule has 1 aliphatic rings. The summed E-state index contributed by atoms with van der Waals surface area (Å²) in [5.74, 6) is 1.20. The lowest BCUT2D eigenvalue weighted by atomic mass is 10.1. The van der Waals surface area contributed by atoms with Crippen LogP contribution < -0.4 is 14.8 Å². The lowest BCUT2D eigenvalue weighted by molar-refractivity contribution is -0.129. The van der Waals surface area contributed by atoms with E-state index in [9.17, 15) is 9.59 Å². The van der Waals surface area contributed by atoms with Crippen LogP contribution in [-0.2, 0) is 16.0 Å². The van der Waals surface area contributed by atoms with Gasteiger partial charge in [0, 0.05) is 19.5 Å². The maximum absolute atomic E-state index is 12.4. The van der Waals surface area contributed by atoms with Gasteiger partial charge < -0.3 is 19.7 Å². The molecule has 1 aliphatic heterocycles. The molecule has 1 saturated heterocycles. The Morgan fingerprint density at radius 1 is 1.10 bits per heavy atom. The van der Waals surface area contributed by atoms with Crippen LogP contribution in [0.4, 0.5) is 0 Å². The number of ether oxygens (including phenoxy) is 2. The highest BCUT2D eigenvalue weighted by atomic mass is 16.5. The number of benzene rings is 2. The Labute approximate surface area is 171 Å². The van der Waals surface area contributed by atoms with Gasteiger partial charge in [-0.05, 0) is 42.7 Å². The highest BCUT2D eigenvalue weighted by Crippen LogP contribution is 2.19. The van der Waals surface area contributed by atoms with Crippen molar-refractivity contribution in [2.75, 3.05) is 33.4 Å².